The van der Waals surface area contributed by atoms with Gasteiger partial charge in [0.05, 0.1) is 0 Å². The summed E-state index contributed by atoms with van der Waals surface area (Å²) in [5, 5.41) is 3.14. The summed E-state index contributed by atoms with van der Waals surface area (Å²) < 4.78 is 13.0. The van der Waals surface area contributed by atoms with Crippen LogP contribution in [0.25, 0.3) is 0 Å². The summed E-state index contributed by atoms with van der Waals surface area (Å²) >= 11 is 0. The third kappa shape index (κ3) is 5.64. The largest absolute Gasteiger partial charge is 0.353 e. The van der Waals surface area contributed by atoms with Crippen LogP contribution in [0.15, 0.2) is 48.7 Å². The molecule has 0 aliphatic carbocycles. The molecule has 25 heavy (non-hydrogen) atoms. The van der Waals surface area contributed by atoms with Gasteiger partial charge in [-0.15, -0.1) is 0 Å². The van der Waals surface area contributed by atoms with Crippen molar-refractivity contribution in [3.8, 4) is 0 Å². The van der Waals surface area contributed by atoms with Gasteiger partial charge in [0, 0.05) is 44.0 Å². The van der Waals surface area contributed by atoms with E-state index in [4.69, 9.17) is 0 Å². The van der Waals surface area contributed by atoms with Crippen molar-refractivity contribution < 1.29 is 9.18 Å². The second-order valence-corrected chi connectivity index (χ2v) is 6.57. The zero-order valence-corrected chi connectivity index (χ0v) is 14.3. The first-order valence-electron chi connectivity index (χ1n) is 8.85. The number of halogens is 1. The van der Waals surface area contributed by atoms with Crippen LogP contribution in [0.2, 0.25) is 0 Å². The molecule has 0 unspecified atom stereocenters. The number of rotatable bonds is 6. The first kappa shape index (κ1) is 17.5. The summed E-state index contributed by atoms with van der Waals surface area (Å²) in [7, 11) is 0. The molecule has 0 atom stereocenters. The molecule has 1 fully saturated rings. The number of nitrogens with zero attached hydrogens (tertiary/aromatic N) is 2. The Labute approximate surface area is 148 Å². The number of carbonyl (C=O) groups excluding carboxylic acids is 1. The summed E-state index contributed by atoms with van der Waals surface area (Å²) in [6.45, 7) is 2.73. The molecule has 0 saturated carbocycles. The van der Waals surface area contributed by atoms with E-state index >= 15 is 0 Å². The van der Waals surface area contributed by atoms with E-state index in [0.717, 1.165) is 43.7 Å². The number of aromatic nitrogens is 1. The lowest BCUT2D eigenvalue weighted by Gasteiger charge is -2.32. The standard InChI is InChI=1S/C20H24FN3O/c21-17-6-4-16(5-7-17)15-24-13-10-19(11-14-24)23-20(25)9-8-18-3-1-2-12-22-18/h1-7,12,19H,8-11,13-15H2,(H,23,25). The van der Waals surface area contributed by atoms with Crippen molar-refractivity contribution in [2.45, 2.75) is 38.3 Å². The van der Waals surface area contributed by atoms with E-state index in [0.29, 0.717) is 12.8 Å². The number of pyridine rings is 1. The molecule has 0 bridgehead atoms. The highest BCUT2D eigenvalue weighted by Gasteiger charge is 2.20. The van der Waals surface area contributed by atoms with E-state index in [9.17, 15) is 9.18 Å². The lowest BCUT2D eigenvalue weighted by molar-refractivity contribution is -0.122. The molecule has 1 aromatic carbocycles. The maximum absolute atomic E-state index is 13.0. The van der Waals surface area contributed by atoms with Crippen molar-refractivity contribution in [3.63, 3.8) is 0 Å². The Kier molecular flexibility index (Phi) is 6.12. The van der Waals surface area contributed by atoms with Gasteiger partial charge in [-0.1, -0.05) is 18.2 Å². The number of carbonyl (C=O) groups is 1. The van der Waals surface area contributed by atoms with Crippen molar-refractivity contribution >= 4 is 5.91 Å². The number of hydrogen-bond donors (Lipinski definition) is 1. The molecular weight excluding hydrogens is 317 g/mol. The molecule has 0 radical (unpaired) electrons. The van der Waals surface area contributed by atoms with E-state index in [1.54, 1.807) is 6.20 Å². The zero-order chi connectivity index (χ0) is 17.5. The second-order valence-electron chi connectivity index (χ2n) is 6.57. The van der Waals surface area contributed by atoms with Crippen molar-refractivity contribution in [1.29, 1.82) is 0 Å². The Balaban J connectivity index is 1.37. The fourth-order valence-corrected chi connectivity index (χ4v) is 3.17. The summed E-state index contributed by atoms with van der Waals surface area (Å²) in [6, 6.07) is 12.7. The van der Waals surface area contributed by atoms with Crippen LogP contribution in [0.1, 0.15) is 30.5 Å². The fourth-order valence-electron chi connectivity index (χ4n) is 3.17. The Morgan fingerprint density at radius 1 is 1.16 bits per heavy atom. The highest BCUT2D eigenvalue weighted by Crippen LogP contribution is 2.14. The molecule has 2 aromatic rings. The number of nitrogens with one attached hydrogen (secondary N) is 1. The van der Waals surface area contributed by atoms with E-state index < -0.39 is 0 Å². The minimum absolute atomic E-state index is 0.0997. The van der Waals surface area contributed by atoms with Gasteiger partial charge in [0.2, 0.25) is 5.91 Å². The highest BCUT2D eigenvalue weighted by atomic mass is 19.1. The molecule has 1 aliphatic heterocycles. The van der Waals surface area contributed by atoms with Crippen LogP contribution in [0.4, 0.5) is 4.39 Å². The predicted octanol–water partition coefficient (Wildman–Crippen LogP) is 2.93. The minimum atomic E-state index is -0.198. The van der Waals surface area contributed by atoms with Crippen LogP contribution >= 0.6 is 0 Å². The summed E-state index contributed by atoms with van der Waals surface area (Å²) in [6.07, 6.45) is 4.82. The van der Waals surface area contributed by atoms with Crippen molar-refractivity contribution in [2.24, 2.45) is 0 Å². The second kappa shape index (κ2) is 8.72. The van der Waals surface area contributed by atoms with Crippen molar-refractivity contribution in [3.05, 3.63) is 65.7 Å². The predicted molar refractivity (Wildman–Crippen MR) is 95.4 cm³/mol. The minimum Gasteiger partial charge on any atom is -0.353 e. The smallest absolute Gasteiger partial charge is 0.220 e. The molecule has 1 amide bonds. The van der Waals surface area contributed by atoms with E-state index in [-0.39, 0.29) is 17.8 Å². The molecule has 4 nitrogen and oxygen atoms in total. The Bertz CT molecular complexity index is 667. The van der Waals surface area contributed by atoms with E-state index in [1.807, 2.05) is 30.3 Å². The number of benzene rings is 1. The van der Waals surface area contributed by atoms with Crippen LogP contribution in [0.5, 0.6) is 0 Å². The molecule has 0 spiro atoms. The first-order valence-corrected chi connectivity index (χ1v) is 8.85. The van der Waals surface area contributed by atoms with Crippen molar-refractivity contribution in [2.75, 3.05) is 13.1 Å². The molecule has 1 aliphatic rings. The van der Waals surface area contributed by atoms with Gasteiger partial charge in [0.15, 0.2) is 0 Å². The van der Waals surface area contributed by atoms with Crippen LogP contribution < -0.4 is 5.32 Å². The van der Waals surface area contributed by atoms with Gasteiger partial charge in [0.1, 0.15) is 5.82 Å². The molecule has 1 N–H and O–H groups in total. The Hall–Kier alpha value is -2.27. The summed E-state index contributed by atoms with van der Waals surface area (Å²) in [5.74, 6) is -0.0986. The maximum atomic E-state index is 13.0. The monoisotopic (exact) mass is 341 g/mol. The number of aryl methyl sites for hydroxylation is 1. The van der Waals surface area contributed by atoms with Gasteiger partial charge in [-0.3, -0.25) is 14.7 Å². The average molecular weight is 341 g/mol. The van der Waals surface area contributed by atoms with Crippen LogP contribution in [0.3, 0.4) is 0 Å². The van der Waals surface area contributed by atoms with Crippen LogP contribution in [-0.2, 0) is 17.8 Å². The molecule has 132 valence electrons. The van der Waals surface area contributed by atoms with Crippen LogP contribution in [-0.4, -0.2) is 34.9 Å². The van der Waals surface area contributed by atoms with E-state index in [1.165, 1.54) is 12.1 Å². The van der Waals surface area contributed by atoms with Gasteiger partial charge in [-0.25, -0.2) is 4.39 Å². The normalized spacial score (nSPS) is 15.9. The third-order valence-electron chi connectivity index (χ3n) is 4.61. The Morgan fingerprint density at radius 2 is 1.92 bits per heavy atom. The van der Waals surface area contributed by atoms with E-state index in [2.05, 4.69) is 15.2 Å². The number of hydrogen-bond acceptors (Lipinski definition) is 3. The van der Waals surface area contributed by atoms with Gasteiger partial charge in [-0.2, -0.15) is 0 Å². The number of amides is 1. The maximum Gasteiger partial charge on any atom is 0.220 e. The molecule has 3 rings (SSSR count). The van der Waals surface area contributed by atoms with Gasteiger partial charge < -0.3 is 5.32 Å². The third-order valence-corrected chi connectivity index (χ3v) is 4.61. The molecule has 2 heterocycles. The number of likely N-dealkylation sites (tertiary alicyclic amines) is 1. The fraction of sp³-hybridized carbons (Fsp3) is 0.400. The van der Waals surface area contributed by atoms with Gasteiger partial charge in [0.25, 0.3) is 0 Å². The SMILES string of the molecule is O=C(CCc1ccccn1)NC1CCN(Cc2ccc(F)cc2)CC1. The molecule has 1 saturated heterocycles. The summed E-state index contributed by atoms with van der Waals surface area (Å²) in [5.41, 5.74) is 2.08. The zero-order valence-electron chi connectivity index (χ0n) is 14.3. The lowest BCUT2D eigenvalue weighted by Crippen LogP contribution is -2.44. The quantitative estimate of drug-likeness (QED) is 0.879. The number of piperidine rings is 1. The molecule has 1 aromatic heterocycles. The Morgan fingerprint density at radius 3 is 2.60 bits per heavy atom. The van der Waals surface area contributed by atoms with Crippen LogP contribution in [0, 0.1) is 5.82 Å². The molecule has 5 heteroatoms. The van der Waals surface area contributed by atoms with Crippen molar-refractivity contribution in [1.82, 2.24) is 15.2 Å². The average Bonchev–Trinajstić information content (AvgIpc) is 2.64. The van der Waals surface area contributed by atoms with Gasteiger partial charge in [-0.05, 0) is 49.1 Å². The lowest BCUT2D eigenvalue weighted by atomic mass is 10.0. The summed E-state index contributed by atoms with van der Waals surface area (Å²) in [4.78, 5) is 18.7. The first-order chi connectivity index (χ1) is 12.2. The highest BCUT2D eigenvalue weighted by molar-refractivity contribution is 5.76. The molecular formula is C20H24FN3O. The topological polar surface area (TPSA) is 45.2 Å². The van der Waals surface area contributed by atoms with Gasteiger partial charge >= 0.3 is 0 Å².